The Morgan fingerprint density at radius 2 is 2.43 bits per heavy atom. The Labute approximate surface area is 81.6 Å². The van der Waals surface area contributed by atoms with Gasteiger partial charge in [-0.2, -0.15) is 0 Å². The number of carbonyl (C=O) groups is 1. The number of rotatable bonds is 3. The van der Waals surface area contributed by atoms with Gasteiger partial charge >= 0.3 is 5.97 Å². The van der Waals surface area contributed by atoms with Crippen LogP contribution in [0.1, 0.15) is 5.56 Å². The number of carbonyl (C=O) groups excluding carboxylic acids is 1. The third-order valence-electron chi connectivity index (χ3n) is 1.95. The first-order valence-electron chi connectivity index (χ1n) is 4.42. The van der Waals surface area contributed by atoms with Gasteiger partial charge in [-0.05, 0) is 17.7 Å². The Kier molecular flexibility index (Phi) is 2.47. The molecule has 0 amide bonds. The number of epoxide rings is 1. The van der Waals surface area contributed by atoms with E-state index in [-0.39, 0.29) is 12.1 Å². The second-order valence-corrected chi connectivity index (χ2v) is 3.09. The summed E-state index contributed by atoms with van der Waals surface area (Å²) < 4.78 is 9.86. The molecule has 2 N–H and O–H groups in total. The van der Waals surface area contributed by atoms with E-state index in [1.54, 1.807) is 18.2 Å². The zero-order chi connectivity index (χ0) is 9.97. The summed E-state index contributed by atoms with van der Waals surface area (Å²) in [4.78, 5) is 11.2. The lowest BCUT2D eigenvalue weighted by molar-refractivity contribution is -0.135. The average Bonchev–Trinajstić information content (AvgIpc) is 3.01. The quantitative estimate of drug-likeness (QED) is 0.430. The van der Waals surface area contributed by atoms with Crippen LogP contribution in [0, 0.1) is 0 Å². The zero-order valence-electron chi connectivity index (χ0n) is 7.60. The van der Waals surface area contributed by atoms with E-state index in [0.29, 0.717) is 18.9 Å². The highest BCUT2D eigenvalue weighted by atomic mass is 16.6. The van der Waals surface area contributed by atoms with Crippen molar-refractivity contribution in [1.29, 1.82) is 0 Å². The molecule has 14 heavy (non-hydrogen) atoms. The Bertz CT molecular complexity index is 347. The largest absolute Gasteiger partial charge is 0.425 e. The fourth-order valence-corrected chi connectivity index (χ4v) is 1.10. The molecule has 1 unspecified atom stereocenters. The normalized spacial score (nSPS) is 19.1. The van der Waals surface area contributed by atoms with E-state index in [1.165, 1.54) is 0 Å². The van der Waals surface area contributed by atoms with Crippen LogP contribution in [0.2, 0.25) is 0 Å². The van der Waals surface area contributed by atoms with Gasteiger partial charge in [-0.15, -0.1) is 0 Å². The number of benzene rings is 1. The van der Waals surface area contributed by atoms with Crippen molar-refractivity contribution in [1.82, 2.24) is 0 Å². The molecule has 1 fully saturated rings. The molecule has 74 valence electrons. The third kappa shape index (κ3) is 2.10. The second kappa shape index (κ2) is 3.77. The van der Waals surface area contributed by atoms with Crippen LogP contribution in [-0.4, -0.2) is 18.7 Å². The summed E-state index contributed by atoms with van der Waals surface area (Å²) in [6.07, 6.45) is -0.364. The van der Waals surface area contributed by atoms with Gasteiger partial charge in [0.1, 0.15) is 5.75 Å². The average molecular weight is 193 g/mol. The molecule has 0 spiro atoms. The molecule has 4 heteroatoms. The highest BCUT2D eigenvalue weighted by Crippen LogP contribution is 2.17. The summed E-state index contributed by atoms with van der Waals surface area (Å²) in [5.74, 6) is 0.188. The van der Waals surface area contributed by atoms with E-state index >= 15 is 0 Å². The molecule has 1 saturated heterocycles. The number of hydrogen-bond acceptors (Lipinski definition) is 4. The summed E-state index contributed by atoms with van der Waals surface area (Å²) in [6, 6.07) is 7.16. The third-order valence-corrected chi connectivity index (χ3v) is 1.95. The lowest BCUT2D eigenvalue weighted by Gasteiger charge is -2.03. The first-order valence-corrected chi connectivity index (χ1v) is 4.42. The Balaban J connectivity index is 2.04. The molecule has 4 nitrogen and oxygen atoms in total. The highest BCUT2D eigenvalue weighted by molar-refractivity contribution is 5.79. The zero-order valence-corrected chi connectivity index (χ0v) is 7.60. The van der Waals surface area contributed by atoms with Gasteiger partial charge in [0, 0.05) is 6.54 Å². The van der Waals surface area contributed by atoms with E-state index in [4.69, 9.17) is 15.2 Å². The Morgan fingerprint density at radius 3 is 3.07 bits per heavy atom. The predicted molar refractivity (Wildman–Crippen MR) is 49.7 cm³/mol. The molecule has 1 aliphatic heterocycles. The van der Waals surface area contributed by atoms with Gasteiger partial charge in [-0.1, -0.05) is 12.1 Å². The summed E-state index contributed by atoms with van der Waals surface area (Å²) in [7, 11) is 0. The highest BCUT2D eigenvalue weighted by Gasteiger charge is 2.33. The van der Waals surface area contributed by atoms with Crippen molar-refractivity contribution in [3.63, 3.8) is 0 Å². The van der Waals surface area contributed by atoms with E-state index < -0.39 is 0 Å². The number of ether oxygens (including phenoxy) is 2. The Hall–Kier alpha value is -1.39. The molecule has 1 aromatic rings. The van der Waals surface area contributed by atoms with Crippen LogP contribution in [0.3, 0.4) is 0 Å². The first kappa shape index (κ1) is 9.18. The Morgan fingerprint density at radius 1 is 1.64 bits per heavy atom. The van der Waals surface area contributed by atoms with Crippen molar-refractivity contribution < 1.29 is 14.3 Å². The number of hydrogen-bond donors (Lipinski definition) is 1. The SMILES string of the molecule is NCc1cccc(OC(=O)C2CO2)c1. The van der Waals surface area contributed by atoms with Gasteiger partial charge in [0.05, 0.1) is 6.61 Å². The minimum atomic E-state index is -0.364. The van der Waals surface area contributed by atoms with Crippen LogP contribution in [0.25, 0.3) is 0 Å². The lowest BCUT2D eigenvalue weighted by atomic mass is 10.2. The standard InChI is InChI=1S/C10H11NO3/c11-5-7-2-1-3-8(4-7)14-10(12)9-6-13-9/h1-4,9H,5-6,11H2. The summed E-state index contributed by atoms with van der Waals surface area (Å²) >= 11 is 0. The van der Waals surface area contributed by atoms with Crippen LogP contribution in [0.15, 0.2) is 24.3 Å². The molecule has 0 radical (unpaired) electrons. The van der Waals surface area contributed by atoms with E-state index in [2.05, 4.69) is 0 Å². The van der Waals surface area contributed by atoms with Gasteiger partial charge in [-0.25, -0.2) is 4.79 Å². The maximum Gasteiger partial charge on any atom is 0.343 e. The number of esters is 1. The maximum atomic E-state index is 11.2. The topological polar surface area (TPSA) is 64.8 Å². The molecule has 1 aromatic carbocycles. The molecule has 0 saturated carbocycles. The van der Waals surface area contributed by atoms with Gasteiger partial charge in [-0.3, -0.25) is 0 Å². The second-order valence-electron chi connectivity index (χ2n) is 3.09. The van der Waals surface area contributed by atoms with Crippen LogP contribution < -0.4 is 10.5 Å². The van der Waals surface area contributed by atoms with Crippen LogP contribution in [0.4, 0.5) is 0 Å². The van der Waals surface area contributed by atoms with Gasteiger partial charge < -0.3 is 15.2 Å². The van der Waals surface area contributed by atoms with Crippen molar-refractivity contribution in [3.8, 4) is 5.75 Å². The van der Waals surface area contributed by atoms with Crippen molar-refractivity contribution >= 4 is 5.97 Å². The fourth-order valence-electron chi connectivity index (χ4n) is 1.10. The van der Waals surface area contributed by atoms with Gasteiger partial charge in [0.2, 0.25) is 0 Å². The predicted octanol–water partition coefficient (Wildman–Crippen LogP) is 0.449. The lowest BCUT2D eigenvalue weighted by Crippen LogP contribution is -2.14. The molecule has 1 aliphatic rings. The fraction of sp³-hybridized carbons (Fsp3) is 0.300. The molecule has 0 aromatic heterocycles. The molecule has 0 aliphatic carbocycles. The van der Waals surface area contributed by atoms with E-state index in [1.807, 2.05) is 6.07 Å². The molecule has 1 heterocycles. The summed E-state index contributed by atoms with van der Waals surface area (Å²) in [5, 5.41) is 0. The van der Waals surface area contributed by atoms with E-state index in [9.17, 15) is 4.79 Å². The number of nitrogens with two attached hydrogens (primary N) is 1. The van der Waals surface area contributed by atoms with Gasteiger partial charge in [0.25, 0.3) is 0 Å². The molecule has 0 bridgehead atoms. The van der Waals surface area contributed by atoms with Crippen molar-refractivity contribution in [2.75, 3.05) is 6.61 Å². The van der Waals surface area contributed by atoms with Crippen molar-refractivity contribution in [3.05, 3.63) is 29.8 Å². The molecule has 2 rings (SSSR count). The van der Waals surface area contributed by atoms with Gasteiger partial charge in [0.15, 0.2) is 6.10 Å². The monoisotopic (exact) mass is 193 g/mol. The molecule has 1 atom stereocenters. The maximum absolute atomic E-state index is 11.2. The molecular weight excluding hydrogens is 182 g/mol. The first-order chi connectivity index (χ1) is 6.79. The van der Waals surface area contributed by atoms with Crippen LogP contribution >= 0.6 is 0 Å². The summed E-state index contributed by atoms with van der Waals surface area (Å²) in [6.45, 7) is 0.904. The minimum Gasteiger partial charge on any atom is -0.425 e. The smallest absolute Gasteiger partial charge is 0.343 e. The van der Waals surface area contributed by atoms with Crippen LogP contribution in [-0.2, 0) is 16.1 Å². The van der Waals surface area contributed by atoms with Crippen molar-refractivity contribution in [2.24, 2.45) is 5.73 Å². The molecular formula is C10H11NO3. The van der Waals surface area contributed by atoms with Crippen LogP contribution in [0.5, 0.6) is 5.75 Å². The summed E-state index contributed by atoms with van der Waals surface area (Å²) in [5.41, 5.74) is 6.39. The van der Waals surface area contributed by atoms with Crippen molar-refractivity contribution in [2.45, 2.75) is 12.6 Å². The minimum absolute atomic E-state index is 0.334. The van der Waals surface area contributed by atoms with E-state index in [0.717, 1.165) is 5.56 Å².